The molecule has 1 saturated heterocycles. The normalized spacial score (nSPS) is 16.2. The molecule has 1 fully saturated rings. The van der Waals surface area contributed by atoms with E-state index in [1.165, 1.54) is 17.7 Å². The van der Waals surface area contributed by atoms with E-state index in [2.05, 4.69) is 14.9 Å². The molecular formula is C24H25F2N3. The van der Waals surface area contributed by atoms with Gasteiger partial charge in [0.25, 0.3) is 0 Å². The van der Waals surface area contributed by atoms with Gasteiger partial charge in [-0.05, 0) is 87.3 Å². The summed E-state index contributed by atoms with van der Waals surface area (Å²) in [5.74, 6) is 0.131. The predicted octanol–water partition coefficient (Wildman–Crippen LogP) is 5.74. The van der Waals surface area contributed by atoms with Gasteiger partial charge < -0.3 is 14.9 Å². The van der Waals surface area contributed by atoms with Crippen LogP contribution in [0.1, 0.15) is 36.4 Å². The topological polar surface area (TPSA) is 34.8 Å². The maximum atomic E-state index is 14.0. The number of halogens is 2. The molecule has 5 heteroatoms. The number of H-pyrrole nitrogens is 2. The Morgan fingerprint density at radius 1 is 0.966 bits per heavy atom. The first-order valence-electron chi connectivity index (χ1n) is 10.4. The molecule has 0 unspecified atom stereocenters. The number of fused-ring (bicyclic) bond motifs is 2. The third-order valence-corrected chi connectivity index (χ3v) is 6.31. The van der Waals surface area contributed by atoms with Crippen LogP contribution < -0.4 is 0 Å². The average molecular weight is 393 g/mol. The van der Waals surface area contributed by atoms with Gasteiger partial charge in [0.15, 0.2) is 0 Å². The molecule has 4 aromatic rings. The van der Waals surface area contributed by atoms with Crippen molar-refractivity contribution in [3.05, 3.63) is 71.6 Å². The van der Waals surface area contributed by atoms with Crippen LogP contribution in [0.5, 0.6) is 0 Å². The SMILES string of the molecule is Fc1ccc2[nH]cc(CCCN3CCC(c4cc5c(F)cccc5[nH]4)CC3)c2c1. The highest BCUT2D eigenvalue weighted by molar-refractivity contribution is 5.83. The Hall–Kier alpha value is -2.66. The first-order valence-corrected chi connectivity index (χ1v) is 10.4. The van der Waals surface area contributed by atoms with Gasteiger partial charge >= 0.3 is 0 Å². The van der Waals surface area contributed by atoms with Crippen LogP contribution in [0.25, 0.3) is 21.8 Å². The number of nitrogens with zero attached hydrogens (tertiary/aromatic N) is 1. The molecule has 0 spiro atoms. The van der Waals surface area contributed by atoms with Crippen LogP contribution in [-0.2, 0) is 6.42 Å². The zero-order valence-corrected chi connectivity index (χ0v) is 16.3. The van der Waals surface area contributed by atoms with Crippen molar-refractivity contribution < 1.29 is 8.78 Å². The third kappa shape index (κ3) is 3.67. The van der Waals surface area contributed by atoms with Crippen LogP contribution in [0.15, 0.2) is 48.7 Å². The van der Waals surface area contributed by atoms with E-state index < -0.39 is 0 Å². The highest BCUT2D eigenvalue weighted by Gasteiger charge is 2.22. The molecule has 1 aliphatic rings. The molecule has 29 heavy (non-hydrogen) atoms. The van der Waals surface area contributed by atoms with Gasteiger partial charge in [-0.1, -0.05) is 6.07 Å². The molecule has 0 bridgehead atoms. The van der Waals surface area contributed by atoms with Crippen molar-refractivity contribution in [1.82, 2.24) is 14.9 Å². The summed E-state index contributed by atoms with van der Waals surface area (Å²) in [6.07, 6.45) is 6.20. The third-order valence-electron chi connectivity index (χ3n) is 6.31. The highest BCUT2D eigenvalue weighted by Crippen LogP contribution is 2.31. The second-order valence-electron chi connectivity index (χ2n) is 8.15. The lowest BCUT2D eigenvalue weighted by atomic mass is 9.93. The van der Waals surface area contributed by atoms with Crippen molar-refractivity contribution >= 4 is 21.8 Å². The minimum atomic E-state index is -0.183. The first kappa shape index (κ1) is 18.4. The van der Waals surface area contributed by atoms with Gasteiger partial charge in [-0.2, -0.15) is 0 Å². The second kappa shape index (κ2) is 7.64. The van der Waals surface area contributed by atoms with Crippen LogP contribution in [0.4, 0.5) is 8.78 Å². The fourth-order valence-corrected chi connectivity index (χ4v) is 4.68. The molecule has 5 rings (SSSR count). The predicted molar refractivity (Wildman–Crippen MR) is 113 cm³/mol. The highest BCUT2D eigenvalue weighted by atomic mass is 19.1. The molecule has 0 aliphatic carbocycles. The molecule has 150 valence electrons. The summed E-state index contributed by atoms with van der Waals surface area (Å²) in [6, 6.07) is 12.1. The van der Waals surface area contributed by atoms with Crippen molar-refractivity contribution in [2.45, 2.75) is 31.6 Å². The van der Waals surface area contributed by atoms with Gasteiger partial charge in [0.2, 0.25) is 0 Å². The largest absolute Gasteiger partial charge is 0.361 e. The van der Waals surface area contributed by atoms with Gasteiger partial charge in [-0.25, -0.2) is 8.78 Å². The molecule has 0 atom stereocenters. The molecule has 0 saturated carbocycles. The van der Waals surface area contributed by atoms with Crippen LogP contribution in [0.3, 0.4) is 0 Å². The molecule has 0 amide bonds. The molecular weight excluding hydrogens is 368 g/mol. The minimum Gasteiger partial charge on any atom is -0.361 e. The number of rotatable bonds is 5. The Morgan fingerprint density at radius 3 is 2.66 bits per heavy atom. The van der Waals surface area contributed by atoms with Gasteiger partial charge in [0, 0.05) is 39.6 Å². The Kier molecular flexibility index (Phi) is 4.84. The van der Waals surface area contributed by atoms with Crippen LogP contribution >= 0.6 is 0 Å². The van der Waals surface area contributed by atoms with Gasteiger partial charge in [0.05, 0.1) is 0 Å². The summed E-state index contributed by atoms with van der Waals surface area (Å²) in [7, 11) is 0. The summed E-state index contributed by atoms with van der Waals surface area (Å²) in [5, 5.41) is 1.69. The number of likely N-dealkylation sites (tertiary alicyclic amines) is 1. The zero-order chi connectivity index (χ0) is 19.8. The summed E-state index contributed by atoms with van der Waals surface area (Å²) < 4.78 is 27.5. The summed E-state index contributed by atoms with van der Waals surface area (Å²) >= 11 is 0. The number of hydrogen-bond acceptors (Lipinski definition) is 1. The lowest BCUT2D eigenvalue weighted by Crippen LogP contribution is -2.33. The van der Waals surface area contributed by atoms with E-state index in [9.17, 15) is 8.78 Å². The Morgan fingerprint density at radius 2 is 1.83 bits per heavy atom. The number of aromatic amines is 2. The Labute approximate surface area is 168 Å². The number of aryl methyl sites for hydroxylation is 1. The molecule has 2 N–H and O–H groups in total. The number of piperidine rings is 1. The summed E-state index contributed by atoms with van der Waals surface area (Å²) in [5.41, 5.74) is 4.23. The molecule has 2 aromatic heterocycles. The van der Waals surface area contributed by atoms with Crippen LogP contribution in [-0.4, -0.2) is 34.5 Å². The molecule has 0 radical (unpaired) electrons. The van der Waals surface area contributed by atoms with E-state index in [-0.39, 0.29) is 11.6 Å². The van der Waals surface area contributed by atoms with E-state index in [0.29, 0.717) is 11.3 Å². The quantitative estimate of drug-likeness (QED) is 0.446. The van der Waals surface area contributed by atoms with Gasteiger partial charge in [-0.3, -0.25) is 0 Å². The summed E-state index contributed by atoms with van der Waals surface area (Å²) in [4.78, 5) is 9.15. The van der Waals surface area contributed by atoms with E-state index in [4.69, 9.17) is 0 Å². The number of hydrogen-bond donors (Lipinski definition) is 2. The summed E-state index contributed by atoms with van der Waals surface area (Å²) in [6.45, 7) is 3.17. The zero-order valence-electron chi connectivity index (χ0n) is 16.3. The standard InChI is InChI=1S/C24H25F2N3/c25-18-6-7-22-19(13-18)17(15-27-22)3-2-10-29-11-8-16(9-12-29)24-14-20-21(26)4-1-5-23(20)28-24/h1,4-7,13-16,27-28H,2-3,8-12H2. The van der Waals surface area contributed by atoms with Crippen LogP contribution in [0, 0.1) is 11.6 Å². The van der Waals surface area contributed by atoms with Crippen LogP contribution in [0.2, 0.25) is 0 Å². The van der Waals surface area contributed by atoms with Crippen molar-refractivity contribution in [1.29, 1.82) is 0 Å². The molecule has 3 heterocycles. The van der Waals surface area contributed by atoms with E-state index in [1.807, 2.05) is 18.3 Å². The molecule has 2 aromatic carbocycles. The minimum absolute atomic E-state index is 0.153. The maximum absolute atomic E-state index is 14.0. The smallest absolute Gasteiger partial charge is 0.132 e. The van der Waals surface area contributed by atoms with Crippen molar-refractivity contribution in [3.8, 4) is 0 Å². The lowest BCUT2D eigenvalue weighted by molar-refractivity contribution is 0.209. The fourth-order valence-electron chi connectivity index (χ4n) is 4.68. The molecule has 1 aliphatic heterocycles. The molecule has 3 nitrogen and oxygen atoms in total. The maximum Gasteiger partial charge on any atom is 0.132 e. The Balaban J connectivity index is 1.16. The first-order chi connectivity index (χ1) is 14.2. The van der Waals surface area contributed by atoms with Crippen molar-refractivity contribution in [3.63, 3.8) is 0 Å². The number of aromatic nitrogens is 2. The Bertz CT molecular complexity index is 1140. The average Bonchev–Trinajstić information content (AvgIpc) is 3.34. The van der Waals surface area contributed by atoms with E-state index in [1.54, 1.807) is 18.2 Å². The van der Waals surface area contributed by atoms with E-state index in [0.717, 1.165) is 67.4 Å². The number of benzene rings is 2. The lowest BCUT2D eigenvalue weighted by Gasteiger charge is -2.31. The monoisotopic (exact) mass is 393 g/mol. The second-order valence-corrected chi connectivity index (χ2v) is 8.15. The van der Waals surface area contributed by atoms with Gasteiger partial charge in [-0.15, -0.1) is 0 Å². The van der Waals surface area contributed by atoms with E-state index >= 15 is 0 Å². The van der Waals surface area contributed by atoms with Gasteiger partial charge in [0.1, 0.15) is 11.6 Å². The number of nitrogens with one attached hydrogen (secondary N) is 2. The van der Waals surface area contributed by atoms with Crippen molar-refractivity contribution in [2.24, 2.45) is 0 Å². The fraction of sp³-hybridized carbons (Fsp3) is 0.333. The van der Waals surface area contributed by atoms with Crippen molar-refractivity contribution in [2.75, 3.05) is 19.6 Å².